The molecule has 2 fully saturated rings. The summed E-state index contributed by atoms with van der Waals surface area (Å²) in [6.45, 7) is 2.38. The van der Waals surface area contributed by atoms with Crippen LogP contribution in [0.1, 0.15) is 37.7 Å². The molecule has 1 unspecified atom stereocenters. The number of rotatable bonds is 3. The Kier molecular flexibility index (Phi) is 4.08. The van der Waals surface area contributed by atoms with Crippen LogP contribution in [0.15, 0.2) is 24.3 Å². The molecule has 0 spiro atoms. The Labute approximate surface area is 136 Å². The number of amides is 2. The van der Waals surface area contributed by atoms with Crippen molar-refractivity contribution in [3.8, 4) is 6.07 Å². The summed E-state index contributed by atoms with van der Waals surface area (Å²) in [6, 6.07) is 9.98. The fourth-order valence-corrected chi connectivity index (χ4v) is 3.44. The monoisotopic (exact) mass is 311 g/mol. The van der Waals surface area contributed by atoms with Crippen molar-refractivity contribution in [3.05, 3.63) is 29.8 Å². The van der Waals surface area contributed by atoms with Crippen LogP contribution in [0.5, 0.6) is 0 Å². The number of benzene rings is 1. The summed E-state index contributed by atoms with van der Waals surface area (Å²) in [7, 11) is 0. The molecule has 1 atom stereocenters. The number of carbonyl (C=O) groups excluding carboxylic acids is 2. The minimum Gasteiger partial charge on any atom is -0.338 e. The van der Waals surface area contributed by atoms with Gasteiger partial charge >= 0.3 is 0 Å². The molecule has 1 N–H and O–H groups in total. The highest BCUT2D eigenvalue weighted by Gasteiger charge is 2.40. The number of nitrogens with one attached hydrogen (secondary N) is 1. The molecule has 2 aliphatic rings. The Bertz CT molecular complexity index is 654. The molecule has 5 heteroatoms. The molecule has 1 saturated heterocycles. The van der Waals surface area contributed by atoms with Crippen molar-refractivity contribution in [1.82, 2.24) is 5.32 Å². The minimum absolute atomic E-state index is 0.0357. The van der Waals surface area contributed by atoms with Crippen LogP contribution in [0.2, 0.25) is 0 Å². The molecule has 5 nitrogen and oxygen atoms in total. The first-order chi connectivity index (χ1) is 11.0. The number of hydrogen-bond donors (Lipinski definition) is 1. The molecule has 0 radical (unpaired) electrons. The van der Waals surface area contributed by atoms with E-state index in [0.717, 1.165) is 24.1 Å². The number of anilines is 1. The van der Waals surface area contributed by atoms with Crippen molar-refractivity contribution in [2.45, 2.75) is 44.6 Å². The van der Waals surface area contributed by atoms with Gasteiger partial charge in [0, 0.05) is 18.7 Å². The zero-order valence-electron chi connectivity index (χ0n) is 13.3. The zero-order chi connectivity index (χ0) is 16.4. The lowest BCUT2D eigenvalue weighted by atomic mass is 9.97. The van der Waals surface area contributed by atoms with Crippen molar-refractivity contribution in [2.24, 2.45) is 5.92 Å². The molecular formula is C18H21N3O2. The summed E-state index contributed by atoms with van der Waals surface area (Å²) in [5.41, 5.74) is 1.23. The molecule has 0 aromatic heterocycles. The maximum Gasteiger partial charge on any atom is 0.227 e. The number of nitrogens with zero attached hydrogens (tertiary/aromatic N) is 2. The van der Waals surface area contributed by atoms with Gasteiger partial charge in [-0.05, 0) is 44.7 Å². The third-order valence-corrected chi connectivity index (χ3v) is 4.88. The van der Waals surface area contributed by atoms with Gasteiger partial charge in [0.15, 0.2) is 0 Å². The second-order valence-corrected chi connectivity index (χ2v) is 6.63. The SMILES string of the molecule is Cc1ccc(N2CC(C(=O)NC3(C#N)CCCC3)CC2=O)cc1. The predicted molar refractivity (Wildman–Crippen MR) is 86.6 cm³/mol. The summed E-state index contributed by atoms with van der Waals surface area (Å²) < 4.78 is 0. The second kappa shape index (κ2) is 6.04. The average molecular weight is 311 g/mol. The molecule has 3 rings (SSSR count). The van der Waals surface area contributed by atoms with Gasteiger partial charge < -0.3 is 10.2 Å². The molecule has 1 aromatic carbocycles. The number of nitriles is 1. The highest BCUT2D eigenvalue weighted by atomic mass is 16.2. The third-order valence-electron chi connectivity index (χ3n) is 4.88. The molecule has 23 heavy (non-hydrogen) atoms. The van der Waals surface area contributed by atoms with Crippen LogP contribution in [-0.2, 0) is 9.59 Å². The molecule has 1 aromatic rings. The van der Waals surface area contributed by atoms with Crippen LogP contribution in [0, 0.1) is 24.2 Å². The summed E-state index contributed by atoms with van der Waals surface area (Å²) in [5.74, 6) is -0.586. The average Bonchev–Trinajstić information content (AvgIpc) is 3.16. The smallest absolute Gasteiger partial charge is 0.227 e. The van der Waals surface area contributed by atoms with E-state index in [0.29, 0.717) is 19.4 Å². The van der Waals surface area contributed by atoms with E-state index in [1.807, 2.05) is 31.2 Å². The van der Waals surface area contributed by atoms with Crippen molar-refractivity contribution in [3.63, 3.8) is 0 Å². The fraction of sp³-hybridized carbons (Fsp3) is 0.500. The highest BCUT2D eigenvalue weighted by Crippen LogP contribution is 2.31. The van der Waals surface area contributed by atoms with Gasteiger partial charge in [-0.15, -0.1) is 0 Å². The largest absolute Gasteiger partial charge is 0.338 e. The summed E-state index contributed by atoms with van der Waals surface area (Å²) in [6.07, 6.45) is 3.55. The van der Waals surface area contributed by atoms with Gasteiger partial charge in [-0.2, -0.15) is 5.26 Å². The van der Waals surface area contributed by atoms with Crippen LogP contribution < -0.4 is 10.2 Å². The Morgan fingerprint density at radius 1 is 1.30 bits per heavy atom. The normalized spacial score (nSPS) is 22.9. The number of carbonyl (C=O) groups is 2. The molecule has 2 amide bonds. The van der Waals surface area contributed by atoms with Gasteiger partial charge in [0.05, 0.1) is 12.0 Å². The first-order valence-corrected chi connectivity index (χ1v) is 8.13. The van der Waals surface area contributed by atoms with Crippen molar-refractivity contribution in [1.29, 1.82) is 5.26 Å². The lowest BCUT2D eigenvalue weighted by Crippen LogP contribution is -2.48. The van der Waals surface area contributed by atoms with Gasteiger partial charge in [-0.1, -0.05) is 17.7 Å². The molecule has 1 saturated carbocycles. The van der Waals surface area contributed by atoms with Crippen LogP contribution in [-0.4, -0.2) is 23.9 Å². The minimum atomic E-state index is -0.725. The molecule has 0 bridgehead atoms. The maximum absolute atomic E-state index is 12.5. The molecule has 1 aliphatic heterocycles. The van der Waals surface area contributed by atoms with Gasteiger partial charge in [0.1, 0.15) is 5.54 Å². The van der Waals surface area contributed by atoms with Crippen LogP contribution in [0.3, 0.4) is 0 Å². The van der Waals surface area contributed by atoms with E-state index in [-0.39, 0.29) is 24.2 Å². The molecule has 1 aliphatic carbocycles. The van der Waals surface area contributed by atoms with Gasteiger partial charge in [0.25, 0.3) is 0 Å². The van der Waals surface area contributed by atoms with E-state index >= 15 is 0 Å². The van der Waals surface area contributed by atoms with E-state index in [9.17, 15) is 14.9 Å². The number of hydrogen-bond acceptors (Lipinski definition) is 3. The van der Waals surface area contributed by atoms with Crippen molar-refractivity contribution in [2.75, 3.05) is 11.4 Å². The first kappa shape index (κ1) is 15.5. The molecular weight excluding hydrogens is 290 g/mol. The maximum atomic E-state index is 12.5. The van der Waals surface area contributed by atoms with Gasteiger partial charge in [0.2, 0.25) is 11.8 Å². The van der Waals surface area contributed by atoms with Crippen LogP contribution in [0.4, 0.5) is 5.69 Å². The quantitative estimate of drug-likeness (QED) is 0.931. The van der Waals surface area contributed by atoms with E-state index < -0.39 is 5.54 Å². The van der Waals surface area contributed by atoms with Crippen LogP contribution in [0.25, 0.3) is 0 Å². The predicted octanol–water partition coefficient (Wildman–Crippen LogP) is 2.30. The first-order valence-electron chi connectivity index (χ1n) is 8.13. The van der Waals surface area contributed by atoms with Crippen molar-refractivity contribution >= 4 is 17.5 Å². The lowest BCUT2D eigenvalue weighted by molar-refractivity contribution is -0.127. The third kappa shape index (κ3) is 3.07. The highest BCUT2D eigenvalue weighted by molar-refractivity contribution is 6.00. The standard InChI is InChI=1S/C18H21N3O2/c1-13-4-6-15(7-5-13)21-11-14(10-16(21)22)17(23)20-18(12-19)8-2-3-9-18/h4-7,14H,2-3,8-11H2,1H3,(H,20,23). The van der Waals surface area contributed by atoms with E-state index in [1.54, 1.807) is 4.90 Å². The Morgan fingerprint density at radius 3 is 2.57 bits per heavy atom. The molecule has 120 valence electrons. The van der Waals surface area contributed by atoms with E-state index in [2.05, 4.69) is 11.4 Å². The van der Waals surface area contributed by atoms with E-state index in [1.165, 1.54) is 0 Å². The number of aryl methyl sites for hydroxylation is 1. The summed E-state index contributed by atoms with van der Waals surface area (Å²) >= 11 is 0. The Balaban J connectivity index is 1.68. The van der Waals surface area contributed by atoms with Crippen LogP contribution >= 0.6 is 0 Å². The van der Waals surface area contributed by atoms with Gasteiger partial charge in [-0.3, -0.25) is 9.59 Å². The second-order valence-electron chi connectivity index (χ2n) is 6.63. The fourth-order valence-electron chi connectivity index (χ4n) is 3.44. The zero-order valence-corrected chi connectivity index (χ0v) is 13.3. The van der Waals surface area contributed by atoms with Crippen molar-refractivity contribution < 1.29 is 9.59 Å². The summed E-state index contributed by atoms with van der Waals surface area (Å²) in [4.78, 5) is 26.4. The topological polar surface area (TPSA) is 73.2 Å². The molecule has 1 heterocycles. The summed E-state index contributed by atoms with van der Waals surface area (Å²) in [5, 5.41) is 12.3. The van der Waals surface area contributed by atoms with E-state index in [4.69, 9.17) is 0 Å². The van der Waals surface area contributed by atoms with Gasteiger partial charge in [-0.25, -0.2) is 0 Å². The Hall–Kier alpha value is -2.35. The Morgan fingerprint density at radius 2 is 1.96 bits per heavy atom. The lowest BCUT2D eigenvalue weighted by Gasteiger charge is -2.24.